The van der Waals surface area contributed by atoms with E-state index in [1.54, 1.807) is 12.1 Å². The third-order valence-corrected chi connectivity index (χ3v) is 3.76. The van der Waals surface area contributed by atoms with Gasteiger partial charge in [-0.1, -0.05) is 18.0 Å². The Morgan fingerprint density at radius 3 is 2.83 bits per heavy atom. The smallest absolute Gasteiger partial charge is 0.337 e. The minimum Gasteiger partial charge on any atom is -0.478 e. The molecule has 2 unspecified atom stereocenters. The molecule has 4 nitrogen and oxygen atoms in total. The second-order valence-corrected chi connectivity index (χ2v) is 5.03. The molecule has 2 rings (SSSR count). The number of nitrogens with one attached hydrogen (secondary N) is 1. The number of hydrogen-bond donors (Lipinski definition) is 3. The summed E-state index contributed by atoms with van der Waals surface area (Å²) in [5.74, 6) is -0.761. The van der Waals surface area contributed by atoms with E-state index in [9.17, 15) is 9.90 Å². The van der Waals surface area contributed by atoms with Gasteiger partial charge < -0.3 is 15.5 Å². The zero-order valence-electron chi connectivity index (χ0n) is 9.90. The van der Waals surface area contributed by atoms with E-state index in [4.69, 9.17) is 16.7 Å². The lowest BCUT2D eigenvalue weighted by Gasteiger charge is -2.20. The first kappa shape index (κ1) is 13.2. The maximum Gasteiger partial charge on any atom is 0.337 e. The molecule has 0 bridgehead atoms. The molecule has 0 spiro atoms. The third kappa shape index (κ3) is 2.76. The molecule has 0 aromatic heterocycles. The van der Waals surface area contributed by atoms with Gasteiger partial charge in [0.1, 0.15) is 0 Å². The minimum absolute atomic E-state index is 0.104. The molecule has 0 radical (unpaired) electrons. The number of hydrogen-bond acceptors (Lipinski definition) is 3. The van der Waals surface area contributed by atoms with Gasteiger partial charge >= 0.3 is 5.97 Å². The van der Waals surface area contributed by atoms with E-state index < -0.39 is 5.97 Å². The first-order valence-corrected chi connectivity index (χ1v) is 6.40. The highest BCUT2D eigenvalue weighted by Gasteiger charge is 2.26. The Balaban J connectivity index is 2.10. The van der Waals surface area contributed by atoms with E-state index in [-0.39, 0.29) is 29.2 Å². The predicted octanol–water partition coefficient (Wildman–Crippen LogP) is 2.61. The molecular formula is C13H16ClNO3. The summed E-state index contributed by atoms with van der Waals surface area (Å²) < 4.78 is 0. The van der Waals surface area contributed by atoms with Crippen LogP contribution in [0.1, 0.15) is 29.6 Å². The molecule has 5 heteroatoms. The average Bonchev–Trinajstić information content (AvgIpc) is 2.76. The van der Waals surface area contributed by atoms with Crippen molar-refractivity contribution in [3.8, 4) is 0 Å². The largest absolute Gasteiger partial charge is 0.478 e. The predicted molar refractivity (Wildman–Crippen MR) is 70.2 cm³/mol. The minimum atomic E-state index is -1.03. The lowest BCUT2D eigenvalue weighted by molar-refractivity contribution is 0.0697. The first-order valence-electron chi connectivity index (χ1n) is 6.02. The van der Waals surface area contributed by atoms with E-state index in [0.29, 0.717) is 0 Å². The summed E-state index contributed by atoms with van der Waals surface area (Å²) in [6, 6.07) is 5.07. The van der Waals surface area contributed by atoms with Crippen molar-refractivity contribution in [3.63, 3.8) is 0 Å². The molecule has 1 aromatic carbocycles. The molecular weight excluding hydrogens is 254 g/mol. The molecule has 1 aliphatic carbocycles. The molecule has 1 fully saturated rings. The summed E-state index contributed by atoms with van der Waals surface area (Å²) in [6.45, 7) is 0.179. The fourth-order valence-corrected chi connectivity index (χ4v) is 2.70. The van der Waals surface area contributed by atoms with Crippen molar-refractivity contribution >= 4 is 23.3 Å². The summed E-state index contributed by atoms with van der Waals surface area (Å²) >= 11 is 5.91. The third-order valence-electron chi connectivity index (χ3n) is 3.45. The highest BCUT2D eigenvalue weighted by Crippen LogP contribution is 2.29. The summed E-state index contributed by atoms with van der Waals surface area (Å²) in [7, 11) is 0. The number of anilines is 1. The lowest BCUT2D eigenvalue weighted by Crippen LogP contribution is -2.26. The number of aromatic carboxylic acids is 1. The van der Waals surface area contributed by atoms with Gasteiger partial charge in [0.2, 0.25) is 0 Å². The number of carboxylic acid groups (broad SMARTS) is 1. The fourth-order valence-electron chi connectivity index (χ4n) is 2.44. The van der Waals surface area contributed by atoms with Crippen molar-refractivity contribution in [2.45, 2.75) is 25.3 Å². The standard InChI is InChI=1S/C13H16ClNO3/c14-11-6-9(4-5-10(11)13(17)18)15-12-3-1-2-8(12)7-16/h4-6,8,12,15-16H,1-3,7H2,(H,17,18). The molecule has 98 valence electrons. The van der Waals surface area contributed by atoms with Crippen LogP contribution in [0.5, 0.6) is 0 Å². The summed E-state index contributed by atoms with van der Waals surface area (Å²) in [6.07, 6.45) is 3.14. The van der Waals surface area contributed by atoms with Crippen molar-refractivity contribution in [1.82, 2.24) is 0 Å². The number of rotatable bonds is 4. The number of carboxylic acids is 1. The van der Waals surface area contributed by atoms with Crippen molar-refractivity contribution in [2.75, 3.05) is 11.9 Å². The van der Waals surface area contributed by atoms with Crippen LogP contribution >= 0.6 is 11.6 Å². The van der Waals surface area contributed by atoms with E-state index in [1.165, 1.54) is 6.07 Å². The van der Waals surface area contributed by atoms with Gasteiger partial charge in [0.05, 0.1) is 10.6 Å². The van der Waals surface area contributed by atoms with Crippen LogP contribution in [0.25, 0.3) is 0 Å². The van der Waals surface area contributed by atoms with Crippen LogP contribution in [0.3, 0.4) is 0 Å². The SMILES string of the molecule is O=C(O)c1ccc(NC2CCCC2CO)cc1Cl. The average molecular weight is 270 g/mol. The maximum absolute atomic E-state index is 10.8. The van der Waals surface area contributed by atoms with Gasteiger partial charge in [-0.3, -0.25) is 0 Å². The Morgan fingerprint density at radius 2 is 2.22 bits per heavy atom. The topological polar surface area (TPSA) is 69.6 Å². The Kier molecular flexibility index (Phi) is 4.09. The Bertz CT molecular complexity index is 450. The fraction of sp³-hybridized carbons (Fsp3) is 0.462. The molecule has 1 aliphatic rings. The van der Waals surface area contributed by atoms with E-state index in [0.717, 1.165) is 24.9 Å². The van der Waals surface area contributed by atoms with Crippen molar-refractivity contribution in [1.29, 1.82) is 0 Å². The van der Waals surface area contributed by atoms with E-state index >= 15 is 0 Å². The number of halogens is 1. The molecule has 2 atom stereocenters. The molecule has 0 amide bonds. The van der Waals surface area contributed by atoms with Crippen LogP contribution in [0, 0.1) is 5.92 Å². The van der Waals surface area contributed by atoms with Crippen LogP contribution in [0.15, 0.2) is 18.2 Å². The molecule has 0 saturated heterocycles. The van der Waals surface area contributed by atoms with Gasteiger partial charge in [0.15, 0.2) is 0 Å². The van der Waals surface area contributed by atoms with E-state index in [2.05, 4.69) is 5.32 Å². The van der Waals surface area contributed by atoms with Gasteiger partial charge in [0.25, 0.3) is 0 Å². The van der Waals surface area contributed by atoms with Crippen LogP contribution in [0.2, 0.25) is 5.02 Å². The van der Waals surface area contributed by atoms with Crippen LogP contribution in [0.4, 0.5) is 5.69 Å². The molecule has 1 saturated carbocycles. The second-order valence-electron chi connectivity index (χ2n) is 4.62. The monoisotopic (exact) mass is 269 g/mol. The first-order chi connectivity index (χ1) is 8.61. The summed E-state index contributed by atoms with van der Waals surface area (Å²) in [4.78, 5) is 10.8. The van der Waals surface area contributed by atoms with Crippen LogP contribution < -0.4 is 5.32 Å². The lowest BCUT2D eigenvalue weighted by atomic mass is 10.0. The number of carbonyl (C=O) groups is 1. The summed E-state index contributed by atoms with van der Waals surface area (Å²) in [5.41, 5.74) is 0.905. The van der Waals surface area contributed by atoms with Crippen molar-refractivity contribution < 1.29 is 15.0 Å². The van der Waals surface area contributed by atoms with Gasteiger partial charge in [-0.05, 0) is 31.0 Å². The van der Waals surface area contributed by atoms with Crippen LogP contribution in [-0.4, -0.2) is 28.8 Å². The Hall–Kier alpha value is -1.26. The van der Waals surface area contributed by atoms with Gasteiger partial charge in [0, 0.05) is 24.3 Å². The highest BCUT2D eigenvalue weighted by molar-refractivity contribution is 6.33. The molecule has 0 heterocycles. The van der Waals surface area contributed by atoms with E-state index in [1.807, 2.05) is 0 Å². The number of aliphatic hydroxyl groups excluding tert-OH is 1. The van der Waals surface area contributed by atoms with Crippen molar-refractivity contribution in [3.05, 3.63) is 28.8 Å². The number of aliphatic hydroxyl groups is 1. The maximum atomic E-state index is 10.8. The zero-order valence-corrected chi connectivity index (χ0v) is 10.7. The van der Waals surface area contributed by atoms with Gasteiger partial charge in [-0.25, -0.2) is 4.79 Å². The number of benzene rings is 1. The molecule has 3 N–H and O–H groups in total. The molecule has 1 aromatic rings. The Labute approximate surface area is 111 Å². The van der Waals surface area contributed by atoms with Gasteiger partial charge in [-0.2, -0.15) is 0 Å². The molecule has 0 aliphatic heterocycles. The van der Waals surface area contributed by atoms with Crippen molar-refractivity contribution in [2.24, 2.45) is 5.92 Å². The highest BCUT2D eigenvalue weighted by atomic mass is 35.5. The second kappa shape index (κ2) is 5.59. The summed E-state index contributed by atoms with van der Waals surface area (Å²) in [5, 5.41) is 21.7. The molecule has 18 heavy (non-hydrogen) atoms. The quantitative estimate of drug-likeness (QED) is 0.786. The normalized spacial score (nSPS) is 23.0. The Morgan fingerprint density at radius 1 is 1.44 bits per heavy atom. The van der Waals surface area contributed by atoms with Gasteiger partial charge in [-0.15, -0.1) is 0 Å². The van der Waals surface area contributed by atoms with Crippen LogP contribution in [-0.2, 0) is 0 Å². The zero-order chi connectivity index (χ0) is 13.1.